The van der Waals surface area contributed by atoms with Crippen molar-refractivity contribution in [1.29, 1.82) is 0 Å². The molecule has 0 aliphatic carbocycles. The number of halogens is 2. The van der Waals surface area contributed by atoms with Crippen LogP contribution in [-0.4, -0.2) is 10.8 Å². The molecule has 0 aliphatic rings. The van der Waals surface area contributed by atoms with Crippen LogP contribution in [0.1, 0.15) is 10.6 Å². The van der Waals surface area contributed by atoms with E-state index >= 15 is 0 Å². The molecule has 0 aliphatic heterocycles. The van der Waals surface area contributed by atoms with Gasteiger partial charge in [-0.3, -0.25) is 14.9 Å². The average molecular weight is 377 g/mol. The van der Waals surface area contributed by atoms with E-state index in [1.165, 1.54) is 24.3 Å². The van der Waals surface area contributed by atoms with Gasteiger partial charge in [-0.05, 0) is 36.4 Å². The number of carbonyl (C=O) groups excluding carboxylic acids is 1. The lowest BCUT2D eigenvalue weighted by atomic mass is 10.2. The molecule has 8 heteroatoms. The fraction of sp³-hybridized carbons (Fsp3) is 0. The van der Waals surface area contributed by atoms with Crippen molar-refractivity contribution < 1.29 is 14.1 Å². The van der Waals surface area contributed by atoms with E-state index in [2.05, 4.69) is 5.32 Å². The molecule has 3 aromatic rings. The highest BCUT2D eigenvalue weighted by Gasteiger charge is 2.18. The highest BCUT2D eigenvalue weighted by molar-refractivity contribution is 6.42. The Bertz CT molecular complexity index is 969. The molecule has 0 atom stereocenters. The van der Waals surface area contributed by atoms with Gasteiger partial charge in [0.25, 0.3) is 11.6 Å². The number of benzene rings is 2. The maximum atomic E-state index is 12.3. The van der Waals surface area contributed by atoms with Crippen molar-refractivity contribution in [1.82, 2.24) is 0 Å². The number of para-hydroxylation sites is 2. The largest absolute Gasteiger partial charge is 0.451 e. The number of anilines is 1. The van der Waals surface area contributed by atoms with Gasteiger partial charge in [-0.2, -0.15) is 0 Å². The first-order valence-electron chi connectivity index (χ1n) is 7.06. The maximum absolute atomic E-state index is 12.3. The lowest BCUT2D eigenvalue weighted by molar-refractivity contribution is -0.383. The molecular formula is C17H10Cl2N2O4. The second-order valence-electron chi connectivity index (χ2n) is 5.02. The van der Waals surface area contributed by atoms with Gasteiger partial charge < -0.3 is 9.73 Å². The van der Waals surface area contributed by atoms with Gasteiger partial charge in [0.15, 0.2) is 5.76 Å². The zero-order valence-electron chi connectivity index (χ0n) is 12.5. The summed E-state index contributed by atoms with van der Waals surface area (Å²) in [7, 11) is 0. The second kappa shape index (κ2) is 6.96. The smallest absolute Gasteiger partial charge is 0.292 e. The van der Waals surface area contributed by atoms with Gasteiger partial charge in [0, 0.05) is 11.6 Å². The quantitative estimate of drug-likeness (QED) is 0.486. The molecule has 25 heavy (non-hydrogen) atoms. The summed E-state index contributed by atoms with van der Waals surface area (Å²) in [6, 6.07) is 13.9. The molecule has 0 spiro atoms. The number of nitro groups is 1. The van der Waals surface area contributed by atoms with Crippen LogP contribution in [0, 0.1) is 10.1 Å². The molecule has 3 rings (SSSR count). The first-order chi connectivity index (χ1) is 12.0. The molecule has 2 aromatic carbocycles. The molecule has 6 nitrogen and oxygen atoms in total. The van der Waals surface area contributed by atoms with E-state index in [1.54, 1.807) is 30.3 Å². The number of nitro benzene ring substituents is 1. The molecular weight excluding hydrogens is 367 g/mol. The second-order valence-corrected chi connectivity index (χ2v) is 5.84. The number of carbonyl (C=O) groups is 1. The van der Waals surface area contributed by atoms with Crippen molar-refractivity contribution in [3.63, 3.8) is 0 Å². The van der Waals surface area contributed by atoms with Crippen molar-refractivity contribution >= 4 is 40.5 Å². The van der Waals surface area contributed by atoms with Gasteiger partial charge in [0.05, 0.1) is 15.0 Å². The summed E-state index contributed by atoms with van der Waals surface area (Å²) in [5.41, 5.74) is 0.538. The molecule has 0 saturated carbocycles. The Morgan fingerprint density at radius 1 is 1.04 bits per heavy atom. The minimum atomic E-state index is -0.597. The number of furan rings is 1. The molecule has 0 unspecified atom stereocenters. The minimum absolute atomic E-state index is 0.0132. The molecule has 1 heterocycles. The summed E-state index contributed by atoms with van der Waals surface area (Å²) >= 11 is 11.8. The number of rotatable bonds is 4. The monoisotopic (exact) mass is 376 g/mol. The Labute approximate surface area is 152 Å². The third-order valence-electron chi connectivity index (χ3n) is 3.38. The number of nitrogens with one attached hydrogen (secondary N) is 1. The number of amides is 1. The summed E-state index contributed by atoms with van der Waals surface area (Å²) in [5, 5.41) is 14.2. The SMILES string of the molecule is O=C(Nc1ccccc1[N+](=O)[O-])c1ccc(-c2ccc(Cl)c(Cl)c2)o1. The summed E-state index contributed by atoms with van der Waals surface area (Å²) in [6.07, 6.45) is 0. The number of hydrogen-bond donors (Lipinski definition) is 1. The molecule has 1 aromatic heterocycles. The van der Waals surface area contributed by atoms with Crippen molar-refractivity contribution in [2.45, 2.75) is 0 Å². The Hall–Kier alpha value is -2.83. The van der Waals surface area contributed by atoms with Gasteiger partial charge in [0.2, 0.25) is 0 Å². The molecule has 0 fully saturated rings. The maximum Gasteiger partial charge on any atom is 0.292 e. The van der Waals surface area contributed by atoms with E-state index in [0.29, 0.717) is 21.4 Å². The predicted molar refractivity (Wildman–Crippen MR) is 95.2 cm³/mol. The molecule has 0 saturated heterocycles. The highest BCUT2D eigenvalue weighted by Crippen LogP contribution is 2.30. The van der Waals surface area contributed by atoms with Gasteiger partial charge in [0.1, 0.15) is 11.4 Å². The van der Waals surface area contributed by atoms with Gasteiger partial charge in [-0.25, -0.2) is 0 Å². The van der Waals surface area contributed by atoms with Crippen LogP contribution >= 0.6 is 23.2 Å². The third kappa shape index (κ3) is 3.65. The zero-order chi connectivity index (χ0) is 18.0. The molecule has 0 bridgehead atoms. The zero-order valence-corrected chi connectivity index (χ0v) is 14.0. The lowest BCUT2D eigenvalue weighted by Crippen LogP contribution is -2.12. The Morgan fingerprint density at radius 3 is 2.52 bits per heavy atom. The standard InChI is InChI=1S/C17H10Cl2N2O4/c18-11-6-5-10(9-12(11)19)15-7-8-16(25-15)17(22)20-13-3-1-2-4-14(13)21(23)24/h1-9H,(H,20,22). The number of hydrogen-bond acceptors (Lipinski definition) is 4. The molecule has 126 valence electrons. The van der Waals surface area contributed by atoms with E-state index in [1.807, 2.05) is 0 Å². The van der Waals surface area contributed by atoms with Gasteiger partial charge in [-0.15, -0.1) is 0 Å². The van der Waals surface area contributed by atoms with E-state index in [0.717, 1.165) is 0 Å². The normalized spacial score (nSPS) is 10.5. The Kier molecular flexibility index (Phi) is 4.74. The molecule has 0 radical (unpaired) electrons. The van der Waals surface area contributed by atoms with E-state index in [-0.39, 0.29) is 17.1 Å². The fourth-order valence-electron chi connectivity index (χ4n) is 2.19. The van der Waals surface area contributed by atoms with E-state index in [9.17, 15) is 14.9 Å². The molecule has 1 N–H and O–H groups in total. The van der Waals surface area contributed by atoms with E-state index in [4.69, 9.17) is 27.6 Å². The van der Waals surface area contributed by atoms with Gasteiger partial charge in [-0.1, -0.05) is 35.3 Å². The third-order valence-corrected chi connectivity index (χ3v) is 4.12. The van der Waals surface area contributed by atoms with Crippen LogP contribution in [-0.2, 0) is 0 Å². The molecule has 1 amide bonds. The van der Waals surface area contributed by atoms with Crippen molar-refractivity contribution in [2.75, 3.05) is 5.32 Å². The summed E-state index contributed by atoms with van der Waals surface area (Å²) < 4.78 is 5.52. The summed E-state index contributed by atoms with van der Waals surface area (Å²) in [6.45, 7) is 0. The summed E-state index contributed by atoms with van der Waals surface area (Å²) in [4.78, 5) is 22.7. The highest BCUT2D eigenvalue weighted by atomic mass is 35.5. The van der Waals surface area contributed by atoms with Crippen LogP contribution in [0.2, 0.25) is 10.0 Å². The van der Waals surface area contributed by atoms with Crippen LogP contribution in [0.15, 0.2) is 59.0 Å². The van der Waals surface area contributed by atoms with Gasteiger partial charge >= 0.3 is 0 Å². The van der Waals surface area contributed by atoms with Crippen molar-refractivity contribution in [3.05, 3.63) is 80.5 Å². The Morgan fingerprint density at radius 2 is 1.80 bits per heavy atom. The minimum Gasteiger partial charge on any atom is -0.451 e. The van der Waals surface area contributed by atoms with Crippen LogP contribution in [0.4, 0.5) is 11.4 Å². The predicted octanol–water partition coefficient (Wildman–Crippen LogP) is 5.41. The van der Waals surface area contributed by atoms with Crippen molar-refractivity contribution in [3.8, 4) is 11.3 Å². The average Bonchev–Trinajstić information content (AvgIpc) is 3.08. The Balaban J connectivity index is 1.84. The fourth-order valence-corrected chi connectivity index (χ4v) is 2.49. The first kappa shape index (κ1) is 17.0. The first-order valence-corrected chi connectivity index (χ1v) is 7.81. The van der Waals surface area contributed by atoms with Crippen LogP contribution in [0.25, 0.3) is 11.3 Å². The van der Waals surface area contributed by atoms with Crippen LogP contribution < -0.4 is 5.32 Å². The van der Waals surface area contributed by atoms with Crippen LogP contribution in [0.5, 0.6) is 0 Å². The lowest BCUT2D eigenvalue weighted by Gasteiger charge is -2.04. The summed E-state index contributed by atoms with van der Waals surface area (Å²) in [5.74, 6) is -0.161. The van der Waals surface area contributed by atoms with Crippen LogP contribution in [0.3, 0.4) is 0 Å². The number of nitrogens with zero attached hydrogens (tertiary/aromatic N) is 1. The topological polar surface area (TPSA) is 85.4 Å². The van der Waals surface area contributed by atoms with E-state index < -0.39 is 10.8 Å². The van der Waals surface area contributed by atoms with Crippen molar-refractivity contribution in [2.24, 2.45) is 0 Å².